The first kappa shape index (κ1) is 12.3. The Morgan fingerprint density at radius 3 is 2.59 bits per heavy atom. The SMILES string of the molecule is COc1ccc(-c2nc(C)c(Br)c(Cl)n2)cn1. The second-order valence-corrected chi connectivity index (χ2v) is 4.48. The minimum absolute atomic E-state index is 0.392. The Hall–Kier alpha value is -1.20. The number of ether oxygens (including phenoxy) is 1. The number of aromatic nitrogens is 3. The van der Waals surface area contributed by atoms with Crippen LogP contribution in [-0.4, -0.2) is 22.1 Å². The van der Waals surface area contributed by atoms with Gasteiger partial charge in [0.25, 0.3) is 0 Å². The summed E-state index contributed by atoms with van der Waals surface area (Å²) in [5.74, 6) is 1.10. The maximum Gasteiger partial charge on any atom is 0.212 e. The fourth-order valence-electron chi connectivity index (χ4n) is 1.29. The molecule has 2 aromatic heterocycles. The zero-order valence-corrected chi connectivity index (χ0v) is 11.6. The third-order valence-electron chi connectivity index (χ3n) is 2.18. The summed E-state index contributed by atoms with van der Waals surface area (Å²) in [6, 6.07) is 3.59. The van der Waals surface area contributed by atoms with Crippen molar-refractivity contribution in [1.29, 1.82) is 0 Å². The molecule has 2 rings (SSSR count). The maximum absolute atomic E-state index is 5.98. The molecule has 0 radical (unpaired) electrons. The molecule has 0 spiro atoms. The summed E-state index contributed by atoms with van der Waals surface area (Å²) in [6.45, 7) is 1.86. The number of hydrogen-bond donors (Lipinski definition) is 0. The lowest BCUT2D eigenvalue weighted by molar-refractivity contribution is 0.398. The van der Waals surface area contributed by atoms with Crippen molar-refractivity contribution in [3.8, 4) is 17.3 Å². The number of halogens is 2. The Labute approximate surface area is 112 Å². The van der Waals surface area contributed by atoms with Crippen molar-refractivity contribution in [3.63, 3.8) is 0 Å². The standard InChI is InChI=1S/C11H9BrClN3O/c1-6-9(12)10(13)16-11(15-6)7-3-4-8(17-2)14-5-7/h3-5H,1-2H3. The fourth-order valence-corrected chi connectivity index (χ4v) is 1.68. The van der Waals surface area contributed by atoms with E-state index in [2.05, 4.69) is 30.9 Å². The maximum atomic E-state index is 5.98. The molecule has 2 aromatic rings. The van der Waals surface area contributed by atoms with E-state index in [-0.39, 0.29) is 0 Å². The molecule has 0 aliphatic carbocycles. The third kappa shape index (κ3) is 2.56. The van der Waals surface area contributed by atoms with Crippen LogP contribution in [0.15, 0.2) is 22.8 Å². The Bertz CT molecular complexity index is 522. The van der Waals surface area contributed by atoms with Gasteiger partial charge in [0.15, 0.2) is 5.82 Å². The highest BCUT2D eigenvalue weighted by Crippen LogP contribution is 2.26. The van der Waals surface area contributed by atoms with Crippen LogP contribution in [0, 0.1) is 6.92 Å². The molecule has 17 heavy (non-hydrogen) atoms. The van der Waals surface area contributed by atoms with Gasteiger partial charge in [-0.3, -0.25) is 0 Å². The first-order valence-electron chi connectivity index (χ1n) is 4.82. The van der Waals surface area contributed by atoms with Crippen molar-refractivity contribution in [1.82, 2.24) is 15.0 Å². The van der Waals surface area contributed by atoms with E-state index in [0.29, 0.717) is 21.3 Å². The molecule has 0 aliphatic heterocycles. The molecule has 0 aromatic carbocycles. The van der Waals surface area contributed by atoms with Crippen LogP contribution >= 0.6 is 27.5 Å². The van der Waals surface area contributed by atoms with Crippen molar-refractivity contribution < 1.29 is 4.74 Å². The molecule has 0 bridgehead atoms. The van der Waals surface area contributed by atoms with Crippen LogP contribution < -0.4 is 4.74 Å². The number of hydrogen-bond acceptors (Lipinski definition) is 4. The molecule has 0 saturated heterocycles. The summed E-state index contributed by atoms with van der Waals surface area (Å²) in [5, 5.41) is 0.392. The predicted octanol–water partition coefficient (Wildman–Crippen LogP) is 3.27. The molecular formula is C11H9BrClN3O. The quantitative estimate of drug-likeness (QED) is 0.798. The van der Waals surface area contributed by atoms with Gasteiger partial charge in [0.1, 0.15) is 5.15 Å². The van der Waals surface area contributed by atoms with Crippen LogP contribution in [0.4, 0.5) is 0 Å². The van der Waals surface area contributed by atoms with Crippen molar-refractivity contribution in [2.75, 3.05) is 7.11 Å². The van der Waals surface area contributed by atoms with Crippen LogP contribution in [0.1, 0.15) is 5.69 Å². The van der Waals surface area contributed by atoms with E-state index in [9.17, 15) is 0 Å². The van der Waals surface area contributed by atoms with Crippen LogP contribution in [0.5, 0.6) is 5.88 Å². The summed E-state index contributed by atoms with van der Waals surface area (Å²) in [6.07, 6.45) is 1.65. The van der Waals surface area contributed by atoms with Crippen molar-refractivity contribution in [3.05, 3.63) is 33.6 Å². The molecule has 0 fully saturated rings. The monoisotopic (exact) mass is 313 g/mol. The van der Waals surface area contributed by atoms with E-state index < -0.39 is 0 Å². The minimum atomic E-state index is 0.392. The highest BCUT2D eigenvalue weighted by Gasteiger charge is 2.09. The molecule has 0 amide bonds. The normalized spacial score (nSPS) is 10.4. The highest BCUT2D eigenvalue weighted by molar-refractivity contribution is 9.10. The van der Waals surface area contributed by atoms with Gasteiger partial charge in [-0.25, -0.2) is 15.0 Å². The molecule has 0 N–H and O–H groups in total. The number of aryl methyl sites for hydroxylation is 1. The van der Waals surface area contributed by atoms with E-state index in [0.717, 1.165) is 11.3 Å². The molecular weight excluding hydrogens is 305 g/mol. The van der Waals surface area contributed by atoms with Crippen LogP contribution in [0.2, 0.25) is 5.15 Å². The third-order valence-corrected chi connectivity index (χ3v) is 3.63. The number of rotatable bonds is 2. The lowest BCUT2D eigenvalue weighted by Crippen LogP contribution is -1.95. The van der Waals surface area contributed by atoms with Crippen LogP contribution in [0.3, 0.4) is 0 Å². The first-order chi connectivity index (χ1) is 8.11. The topological polar surface area (TPSA) is 47.9 Å². The van der Waals surface area contributed by atoms with Gasteiger partial charge >= 0.3 is 0 Å². The molecule has 6 heteroatoms. The van der Waals surface area contributed by atoms with Crippen molar-refractivity contribution >= 4 is 27.5 Å². The number of pyridine rings is 1. The summed E-state index contributed by atoms with van der Waals surface area (Å²) >= 11 is 9.30. The van der Waals surface area contributed by atoms with Gasteiger partial charge in [-0.2, -0.15) is 0 Å². The summed E-state index contributed by atoms with van der Waals surface area (Å²) in [5.41, 5.74) is 1.58. The summed E-state index contributed by atoms with van der Waals surface area (Å²) < 4.78 is 5.70. The Kier molecular flexibility index (Phi) is 3.59. The minimum Gasteiger partial charge on any atom is -0.481 e. The lowest BCUT2D eigenvalue weighted by atomic mass is 10.2. The van der Waals surface area contributed by atoms with E-state index in [1.807, 2.05) is 13.0 Å². The molecule has 0 atom stereocenters. The second kappa shape index (κ2) is 4.98. The molecule has 0 aliphatic rings. The van der Waals surface area contributed by atoms with Crippen molar-refractivity contribution in [2.24, 2.45) is 0 Å². The lowest BCUT2D eigenvalue weighted by Gasteiger charge is -2.05. The Morgan fingerprint density at radius 2 is 2.06 bits per heavy atom. The van der Waals surface area contributed by atoms with Gasteiger partial charge in [0.05, 0.1) is 17.3 Å². The van der Waals surface area contributed by atoms with Crippen molar-refractivity contribution in [2.45, 2.75) is 6.92 Å². The highest BCUT2D eigenvalue weighted by atomic mass is 79.9. The first-order valence-corrected chi connectivity index (χ1v) is 5.99. The summed E-state index contributed by atoms with van der Waals surface area (Å²) in [7, 11) is 1.57. The average molecular weight is 315 g/mol. The molecule has 4 nitrogen and oxygen atoms in total. The fraction of sp³-hybridized carbons (Fsp3) is 0.182. The van der Waals surface area contributed by atoms with Crippen LogP contribution in [0.25, 0.3) is 11.4 Å². The predicted molar refractivity (Wildman–Crippen MR) is 69.3 cm³/mol. The molecule has 0 unspecified atom stereocenters. The summed E-state index contributed by atoms with van der Waals surface area (Å²) in [4.78, 5) is 12.6. The number of nitrogens with zero attached hydrogens (tertiary/aromatic N) is 3. The molecule has 0 saturated carbocycles. The van der Waals surface area contributed by atoms with E-state index in [1.165, 1.54) is 0 Å². The van der Waals surface area contributed by atoms with Gasteiger partial charge in [0, 0.05) is 17.8 Å². The van der Waals surface area contributed by atoms with Gasteiger partial charge in [0.2, 0.25) is 5.88 Å². The average Bonchev–Trinajstić information content (AvgIpc) is 2.35. The van der Waals surface area contributed by atoms with E-state index in [4.69, 9.17) is 16.3 Å². The molecule has 88 valence electrons. The number of methoxy groups -OCH3 is 1. The van der Waals surface area contributed by atoms with E-state index >= 15 is 0 Å². The van der Waals surface area contributed by atoms with Gasteiger partial charge < -0.3 is 4.74 Å². The van der Waals surface area contributed by atoms with Gasteiger partial charge in [-0.15, -0.1) is 0 Å². The second-order valence-electron chi connectivity index (χ2n) is 3.33. The van der Waals surface area contributed by atoms with Gasteiger partial charge in [-0.1, -0.05) is 11.6 Å². The smallest absolute Gasteiger partial charge is 0.212 e. The van der Waals surface area contributed by atoms with Gasteiger partial charge in [-0.05, 0) is 28.9 Å². The molecule has 2 heterocycles. The Morgan fingerprint density at radius 1 is 1.29 bits per heavy atom. The zero-order chi connectivity index (χ0) is 12.4. The zero-order valence-electron chi connectivity index (χ0n) is 9.24. The van der Waals surface area contributed by atoms with E-state index in [1.54, 1.807) is 19.4 Å². The van der Waals surface area contributed by atoms with Crippen LogP contribution in [-0.2, 0) is 0 Å². The largest absolute Gasteiger partial charge is 0.481 e. The Balaban J connectivity index is 2.45.